The Morgan fingerprint density at radius 2 is 1.67 bits per heavy atom. The molecule has 0 spiro atoms. The van der Waals surface area contributed by atoms with Gasteiger partial charge in [0.1, 0.15) is 0 Å². The van der Waals surface area contributed by atoms with Crippen LogP contribution in [0.1, 0.15) is 34.6 Å². The fourth-order valence-electron chi connectivity index (χ4n) is 3.69. The third-order valence-electron chi connectivity index (χ3n) is 5.35. The molecule has 1 fully saturated rings. The smallest absolute Gasteiger partial charge is 0.296 e. The highest BCUT2D eigenvalue weighted by molar-refractivity contribution is 5.97. The van der Waals surface area contributed by atoms with Gasteiger partial charge in [0.25, 0.3) is 0 Å². The summed E-state index contributed by atoms with van der Waals surface area (Å²) in [5.74, 6) is 0.710. The Balaban J connectivity index is 1.39. The third-order valence-corrected chi connectivity index (χ3v) is 5.35. The van der Waals surface area contributed by atoms with Crippen LogP contribution >= 0.6 is 0 Å². The Labute approximate surface area is 171 Å². The summed E-state index contributed by atoms with van der Waals surface area (Å²) in [6.45, 7) is 1.91. The van der Waals surface area contributed by atoms with E-state index in [1.54, 1.807) is 0 Å². The predicted octanol–water partition coefficient (Wildman–Crippen LogP) is 3.78. The molecular formula is C21H20F3N5O. The molecule has 1 aromatic heterocycles. The van der Waals surface area contributed by atoms with Crippen molar-refractivity contribution >= 4 is 5.78 Å². The highest BCUT2D eigenvalue weighted by Gasteiger charge is 2.30. The fraction of sp³-hybridized carbons (Fsp3) is 0.333. The molecule has 0 unspecified atom stereocenters. The highest BCUT2D eigenvalue weighted by Crippen LogP contribution is 2.29. The van der Waals surface area contributed by atoms with Gasteiger partial charge in [0.05, 0.1) is 17.8 Å². The molecule has 156 valence electrons. The maximum atomic E-state index is 12.8. The molecule has 2 heterocycles. The Bertz CT molecular complexity index is 993. The van der Waals surface area contributed by atoms with Gasteiger partial charge in [-0.15, -0.1) is 5.10 Å². The maximum absolute atomic E-state index is 12.8. The van der Waals surface area contributed by atoms with E-state index in [-0.39, 0.29) is 11.7 Å². The first-order valence-corrected chi connectivity index (χ1v) is 9.68. The number of benzene rings is 2. The number of ketones is 1. The van der Waals surface area contributed by atoms with Crippen LogP contribution in [0.25, 0.3) is 5.69 Å². The van der Waals surface area contributed by atoms with Crippen LogP contribution in [0.15, 0.2) is 54.6 Å². The first-order chi connectivity index (χ1) is 14.4. The van der Waals surface area contributed by atoms with E-state index >= 15 is 0 Å². The number of tetrazole rings is 1. The van der Waals surface area contributed by atoms with Gasteiger partial charge in [0.2, 0.25) is 0 Å². The topological polar surface area (TPSA) is 63.9 Å². The molecular weight excluding hydrogens is 395 g/mol. The normalized spacial score (nSPS) is 16.0. The van der Waals surface area contributed by atoms with Gasteiger partial charge >= 0.3 is 6.18 Å². The van der Waals surface area contributed by atoms with Gasteiger partial charge in [-0.25, -0.2) is 0 Å². The van der Waals surface area contributed by atoms with Gasteiger partial charge in [-0.2, -0.15) is 17.9 Å². The Kier molecular flexibility index (Phi) is 5.63. The summed E-state index contributed by atoms with van der Waals surface area (Å²) in [4.78, 5) is 14.8. The minimum Gasteiger partial charge on any atom is -0.296 e. The van der Waals surface area contributed by atoms with Crippen LogP contribution in [0.2, 0.25) is 0 Å². The zero-order chi connectivity index (χ0) is 21.1. The number of hydrogen-bond donors (Lipinski definition) is 0. The average molecular weight is 415 g/mol. The highest BCUT2D eigenvalue weighted by atomic mass is 19.4. The predicted molar refractivity (Wildman–Crippen MR) is 103 cm³/mol. The summed E-state index contributed by atoms with van der Waals surface area (Å²) in [5, 5.41) is 11.6. The molecule has 0 saturated carbocycles. The quantitative estimate of drug-likeness (QED) is 0.594. The van der Waals surface area contributed by atoms with E-state index in [0.717, 1.165) is 43.6 Å². The van der Waals surface area contributed by atoms with Gasteiger partial charge in [-0.05, 0) is 60.6 Å². The molecule has 0 amide bonds. The molecule has 6 nitrogen and oxygen atoms in total. The van der Waals surface area contributed by atoms with Gasteiger partial charge in [-0.1, -0.05) is 30.3 Å². The van der Waals surface area contributed by atoms with Crippen LogP contribution in [-0.2, 0) is 12.7 Å². The van der Waals surface area contributed by atoms with E-state index in [2.05, 4.69) is 20.4 Å². The number of Topliss-reactive ketones (excluding diaryl/α,β-unsaturated/α-hetero) is 1. The average Bonchev–Trinajstić information content (AvgIpc) is 3.22. The zero-order valence-electron chi connectivity index (χ0n) is 16.1. The maximum Gasteiger partial charge on any atom is 0.416 e. The van der Waals surface area contributed by atoms with Crippen LogP contribution in [0.5, 0.6) is 0 Å². The molecule has 1 aliphatic heterocycles. The molecule has 30 heavy (non-hydrogen) atoms. The molecule has 0 bridgehead atoms. The molecule has 2 aromatic carbocycles. The molecule has 1 aliphatic rings. The number of halogens is 3. The van der Waals surface area contributed by atoms with Crippen molar-refractivity contribution in [1.29, 1.82) is 0 Å². The van der Waals surface area contributed by atoms with Crippen LogP contribution in [-0.4, -0.2) is 44.0 Å². The molecule has 1 saturated heterocycles. The van der Waals surface area contributed by atoms with Crippen molar-refractivity contribution in [3.05, 3.63) is 71.5 Å². The van der Waals surface area contributed by atoms with Crippen molar-refractivity contribution in [3.8, 4) is 5.69 Å². The molecule has 9 heteroatoms. The monoisotopic (exact) mass is 415 g/mol. The second kappa shape index (κ2) is 8.35. The van der Waals surface area contributed by atoms with Gasteiger partial charge < -0.3 is 0 Å². The number of hydrogen-bond acceptors (Lipinski definition) is 5. The van der Waals surface area contributed by atoms with Crippen LogP contribution < -0.4 is 0 Å². The van der Waals surface area contributed by atoms with Crippen LogP contribution in [0.3, 0.4) is 0 Å². The third kappa shape index (κ3) is 4.40. The lowest BCUT2D eigenvalue weighted by atomic mass is 9.89. The first-order valence-electron chi connectivity index (χ1n) is 9.68. The Morgan fingerprint density at radius 1 is 1.00 bits per heavy atom. The van der Waals surface area contributed by atoms with E-state index in [1.807, 2.05) is 30.3 Å². The number of carbonyl (C=O) groups excluding carboxylic acids is 1. The number of nitrogens with zero attached hydrogens (tertiary/aromatic N) is 5. The van der Waals surface area contributed by atoms with Crippen molar-refractivity contribution in [1.82, 2.24) is 25.1 Å². The number of rotatable bonds is 5. The van der Waals surface area contributed by atoms with E-state index in [4.69, 9.17) is 0 Å². The molecule has 4 rings (SSSR count). The number of piperidine rings is 1. The standard InChI is InChI=1S/C21H20F3N5O/c22-21(23,24)17-6-8-18(9-7-17)29-19(25-26-27-29)14-28-12-10-16(11-13-28)20(30)15-4-2-1-3-5-15/h1-9,16H,10-14H2. The zero-order valence-corrected chi connectivity index (χ0v) is 16.1. The van der Waals surface area contributed by atoms with Crippen molar-refractivity contribution in [2.75, 3.05) is 13.1 Å². The summed E-state index contributed by atoms with van der Waals surface area (Å²) >= 11 is 0. The molecule has 0 N–H and O–H groups in total. The van der Waals surface area contributed by atoms with Gasteiger partial charge in [-0.3, -0.25) is 9.69 Å². The lowest BCUT2D eigenvalue weighted by molar-refractivity contribution is -0.137. The van der Waals surface area contributed by atoms with Crippen molar-refractivity contribution < 1.29 is 18.0 Å². The summed E-state index contributed by atoms with van der Waals surface area (Å²) in [6.07, 6.45) is -2.89. The number of aromatic nitrogens is 4. The minimum atomic E-state index is -4.39. The molecule has 3 aromatic rings. The Hall–Kier alpha value is -3.07. The first kappa shape index (κ1) is 20.2. The Morgan fingerprint density at radius 3 is 2.30 bits per heavy atom. The van der Waals surface area contributed by atoms with E-state index in [0.29, 0.717) is 18.1 Å². The van der Waals surface area contributed by atoms with Crippen LogP contribution in [0.4, 0.5) is 13.2 Å². The fourth-order valence-corrected chi connectivity index (χ4v) is 3.69. The molecule has 0 atom stereocenters. The van der Waals surface area contributed by atoms with Gasteiger partial charge in [0.15, 0.2) is 11.6 Å². The summed E-state index contributed by atoms with van der Waals surface area (Å²) < 4.78 is 39.8. The largest absolute Gasteiger partial charge is 0.416 e. The second-order valence-electron chi connectivity index (χ2n) is 7.33. The summed E-state index contributed by atoms with van der Waals surface area (Å²) in [6, 6.07) is 14.0. The van der Waals surface area contributed by atoms with Crippen molar-refractivity contribution in [3.63, 3.8) is 0 Å². The lowest BCUT2D eigenvalue weighted by Crippen LogP contribution is -2.36. The van der Waals surface area contributed by atoms with Crippen LogP contribution in [0, 0.1) is 5.92 Å². The molecule has 0 radical (unpaired) electrons. The lowest BCUT2D eigenvalue weighted by Gasteiger charge is -2.30. The SMILES string of the molecule is O=C(c1ccccc1)C1CCN(Cc2nnnn2-c2ccc(C(F)(F)F)cc2)CC1. The number of alkyl halides is 3. The summed E-state index contributed by atoms with van der Waals surface area (Å²) in [5.41, 5.74) is 0.491. The van der Waals surface area contributed by atoms with Gasteiger partial charge in [0, 0.05) is 11.5 Å². The summed E-state index contributed by atoms with van der Waals surface area (Å²) in [7, 11) is 0. The van der Waals surface area contributed by atoms with Crippen molar-refractivity contribution in [2.45, 2.75) is 25.6 Å². The molecule has 0 aliphatic carbocycles. The van der Waals surface area contributed by atoms with E-state index in [9.17, 15) is 18.0 Å². The minimum absolute atomic E-state index is 0.00504. The number of likely N-dealkylation sites (tertiary alicyclic amines) is 1. The second-order valence-corrected chi connectivity index (χ2v) is 7.33. The van der Waals surface area contributed by atoms with Crippen molar-refractivity contribution in [2.24, 2.45) is 5.92 Å². The van der Waals surface area contributed by atoms with E-state index < -0.39 is 11.7 Å². The van der Waals surface area contributed by atoms with E-state index in [1.165, 1.54) is 16.8 Å². The number of carbonyl (C=O) groups is 1.